The first-order valence-electron chi connectivity index (χ1n) is 10.3. The number of benzene rings is 2. The van der Waals surface area contributed by atoms with Crippen LogP contribution in [0.3, 0.4) is 0 Å². The summed E-state index contributed by atoms with van der Waals surface area (Å²) in [5, 5.41) is 20.3. The minimum atomic E-state index is -0.846. The standard InChI is InChI=1S/C23H25N3O4S/c24-22(26-7-9-31-10-8-26)16-1-4-19(5-2-16)25-23(29)17-3-6-20-18(13-17)11-15(14-30-20)12-21(27)28/h1-6,13,15,24H,7-12,14H2,(H,25,29)(H,27,28). The molecule has 2 aliphatic rings. The van der Waals surface area contributed by atoms with Crippen LogP contribution in [-0.4, -0.2) is 58.9 Å². The molecule has 31 heavy (non-hydrogen) atoms. The van der Waals surface area contributed by atoms with E-state index in [4.69, 9.17) is 15.3 Å². The fourth-order valence-electron chi connectivity index (χ4n) is 3.86. The molecule has 1 unspecified atom stereocenters. The molecule has 1 atom stereocenters. The Kier molecular flexibility index (Phi) is 6.46. The Morgan fingerprint density at radius 3 is 2.55 bits per heavy atom. The summed E-state index contributed by atoms with van der Waals surface area (Å²) in [6.45, 7) is 2.15. The first-order chi connectivity index (χ1) is 15.0. The monoisotopic (exact) mass is 439 g/mol. The van der Waals surface area contributed by atoms with Gasteiger partial charge in [0.1, 0.15) is 11.6 Å². The second-order valence-electron chi connectivity index (χ2n) is 7.78. The van der Waals surface area contributed by atoms with Gasteiger partial charge in [0.05, 0.1) is 13.0 Å². The summed E-state index contributed by atoms with van der Waals surface area (Å²) >= 11 is 1.91. The molecule has 0 aromatic heterocycles. The van der Waals surface area contributed by atoms with Crippen LogP contribution < -0.4 is 10.1 Å². The van der Waals surface area contributed by atoms with Crippen molar-refractivity contribution in [1.29, 1.82) is 5.41 Å². The molecule has 7 nitrogen and oxygen atoms in total. The van der Waals surface area contributed by atoms with Gasteiger partial charge in [0.2, 0.25) is 0 Å². The van der Waals surface area contributed by atoms with Crippen molar-refractivity contribution in [2.45, 2.75) is 12.8 Å². The molecule has 1 amide bonds. The summed E-state index contributed by atoms with van der Waals surface area (Å²) < 4.78 is 5.66. The highest BCUT2D eigenvalue weighted by atomic mass is 32.2. The SMILES string of the molecule is N=C(c1ccc(NC(=O)c2ccc3c(c2)CC(CC(=O)O)CO3)cc1)N1CCSCC1. The average molecular weight is 440 g/mol. The fraction of sp³-hybridized carbons (Fsp3) is 0.348. The molecule has 3 N–H and O–H groups in total. The summed E-state index contributed by atoms with van der Waals surface area (Å²) in [6, 6.07) is 12.6. The molecule has 4 rings (SSSR count). The number of hydrogen-bond acceptors (Lipinski definition) is 5. The first kappa shape index (κ1) is 21.2. The lowest BCUT2D eigenvalue weighted by Gasteiger charge is -2.28. The summed E-state index contributed by atoms with van der Waals surface area (Å²) in [6.07, 6.45) is 0.627. The van der Waals surface area contributed by atoms with E-state index < -0.39 is 5.97 Å². The summed E-state index contributed by atoms with van der Waals surface area (Å²) in [4.78, 5) is 25.8. The van der Waals surface area contributed by atoms with E-state index in [0.29, 0.717) is 35.9 Å². The smallest absolute Gasteiger partial charge is 0.303 e. The molecule has 2 aromatic carbocycles. The number of fused-ring (bicyclic) bond motifs is 1. The third-order valence-electron chi connectivity index (χ3n) is 5.51. The number of aliphatic carboxylic acids is 1. The van der Waals surface area contributed by atoms with Gasteiger partial charge in [0.15, 0.2) is 0 Å². The lowest BCUT2D eigenvalue weighted by atomic mass is 9.93. The molecule has 0 bridgehead atoms. The van der Waals surface area contributed by atoms with Crippen LogP contribution in [0.4, 0.5) is 5.69 Å². The number of anilines is 1. The van der Waals surface area contributed by atoms with Gasteiger partial charge >= 0.3 is 5.97 Å². The molecule has 2 aliphatic heterocycles. The Labute approximate surface area is 185 Å². The quantitative estimate of drug-likeness (QED) is 0.488. The minimum Gasteiger partial charge on any atom is -0.493 e. The van der Waals surface area contributed by atoms with Crippen molar-refractivity contribution in [3.05, 3.63) is 59.2 Å². The van der Waals surface area contributed by atoms with Crippen molar-refractivity contribution in [1.82, 2.24) is 4.90 Å². The molecule has 162 valence electrons. The number of carbonyl (C=O) groups is 2. The number of carbonyl (C=O) groups excluding carboxylic acids is 1. The number of amidine groups is 1. The van der Waals surface area contributed by atoms with E-state index in [9.17, 15) is 9.59 Å². The zero-order valence-corrected chi connectivity index (χ0v) is 17.9. The van der Waals surface area contributed by atoms with Crippen molar-refractivity contribution in [3.63, 3.8) is 0 Å². The number of amides is 1. The largest absolute Gasteiger partial charge is 0.493 e. The van der Waals surface area contributed by atoms with E-state index in [1.54, 1.807) is 18.2 Å². The first-order valence-corrected chi connectivity index (χ1v) is 11.5. The van der Waals surface area contributed by atoms with Gasteiger partial charge in [-0.05, 0) is 54.4 Å². The molecule has 0 aliphatic carbocycles. The maximum Gasteiger partial charge on any atom is 0.303 e. The van der Waals surface area contributed by atoms with Gasteiger partial charge in [-0.25, -0.2) is 0 Å². The van der Waals surface area contributed by atoms with Crippen molar-refractivity contribution in [3.8, 4) is 5.75 Å². The van der Waals surface area contributed by atoms with Gasteiger partial charge < -0.3 is 20.1 Å². The molecule has 1 saturated heterocycles. The maximum atomic E-state index is 12.7. The van der Waals surface area contributed by atoms with Gasteiger partial charge in [-0.3, -0.25) is 15.0 Å². The minimum absolute atomic E-state index is 0.0491. The lowest BCUT2D eigenvalue weighted by Crippen LogP contribution is -2.37. The van der Waals surface area contributed by atoms with E-state index in [1.165, 1.54) is 0 Å². The maximum absolute atomic E-state index is 12.7. The number of carboxylic acid groups (broad SMARTS) is 1. The van der Waals surface area contributed by atoms with Gasteiger partial charge in [0.25, 0.3) is 5.91 Å². The molecule has 1 fully saturated rings. The van der Waals surface area contributed by atoms with Crippen LogP contribution in [0.5, 0.6) is 5.75 Å². The van der Waals surface area contributed by atoms with E-state index in [-0.39, 0.29) is 18.2 Å². The number of carboxylic acids is 1. The van der Waals surface area contributed by atoms with Crippen LogP contribution in [0.25, 0.3) is 0 Å². The summed E-state index contributed by atoms with van der Waals surface area (Å²) in [7, 11) is 0. The fourth-order valence-corrected chi connectivity index (χ4v) is 4.76. The van der Waals surface area contributed by atoms with E-state index in [1.807, 2.05) is 36.0 Å². The van der Waals surface area contributed by atoms with Crippen molar-refractivity contribution >= 4 is 35.2 Å². The van der Waals surface area contributed by atoms with Crippen molar-refractivity contribution in [2.24, 2.45) is 5.92 Å². The molecule has 8 heteroatoms. The Balaban J connectivity index is 1.40. The Morgan fingerprint density at radius 2 is 1.84 bits per heavy atom. The number of nitrogens with one attached hydrogen (secondary N) is 2. The summed E-state index contributed by atoms with van der Waals surface area (Å²) in [5.74, 6) is 2.13. The lowest BCUT2D eigenvalue weighted by molar-refractivity contribution is -0.138. The third kappa shape index (κ3) is 5.19. The summed E-state index contributed by atoms with van der Waals surface area (Å²) in [5.41, 5.74) is 2.85. The highest BCUT2D eigenvalue weighted by Crippen LogP contribution is 2.30. The van der Waals surface area contributed by atoms with Gasteiger partial charge in [-0.1, -0.05) is 0 Å². The number of thioether (sulfide) groups is 1. The zero-order chi connectivity index (χ0) is 21.8. The van der Waals surface area contributed by atoms with Gasteiger partial charge in [-0.2, -0.15) is 11.8 Å². The molecule has 2 heterocycles. The zero-order valence-electron chi connectivity index (χ0n) is 17.1. The number of ether oxygens (including phenoxy) is 1. The average Bonchev–Trinajstić information content (AvgIpc) is 2.79. The molecule has 0 spiro atoms. The second kappa shape index (κ2) is 9.43. The van der Waals surface area contributed by atoms with Gasteiger partial charge in [0, 0.05) is 47.3 Å². The van der Waals surface area contributed by atoms with Crippen LogP contribution in [0.1, 0.15) is 27.9 Å². The predicted molar refractivity (Wildman–Crippen MR) is 122 cm³/mol. The molecular formula is C23H25N3O4S. The van der Waals surface area contributed by atoms with E-state index >= 15 is 0 Å². The van der Waals surface area contributed by atoms with Crippen LogP contribution in [0, 0.1) is 11.3 Å². The highest BCUT2D eigenvalue weighted by molar-refractivity contribution is 7.99. The predicted octanol–water partition coefficient (Wildman–Crippen LogP) is 3.34. The van der Waals surface area contributed by atoms with Crippen LogP contribution in [-0.2, 0) is 11.2 Å². The second-order valence-corrected chi connectivity index (χ2v) is 9.01. The molecule has 0 radical (unpaired) electrons. The highest BCUT2D eigenvalue weighted by Gasteiger charge is 2.23. The Hall–Kier alpha value is -3.00. The van der Waals surface area contributed by atoms with Crippen molar-refractivity contribution < 1.29 is 19.4 Å². The Morgan fingerprint density at radius 1 is 1.13 bits per heavy atom. The van der Waals surface area contributed by atoms with Crippen molar-refractivity contribution in [2.75, 3.05) is 36.5 Å². The number of rotatable bonds is 5. The normalized spacial score (nSPS) is 17.9. The molecule has 0 saturated carbocycles. The van der Waals surface area contributed by atoms with Crippen LogP contribution in [0.15, 0.2) is 42.5 Å². The third-order valence-corrected chi connectivity index (χ3v) is 6.46. The van der Waals surface area contributed by atoms with Crippen LogP contribution in [0.2, 0.25) is 0 Å². The van der Waals surface area contributed by atoms with Gasteiger partial charge in [-0.15, -0.1) is 0 Å². The van der Waals surface area contributed by atoms with Crippen LogP contribution >= 0.6 is 11.8 Å². The molecular weight excluding hydrogens is 414 g/mol. The number of nitrogens with zero attached hydrogens (tertiary/aromatic N) is 1. The Bertz CT molecular complexity index is 987. The van der Waals surface area contributed by atoms with E-state index in [2.05, 4.69) is 10.2 Å². The number of hydrogen-bond donors (Lipinski definition) is 3. The molecule has 2 aromatic rings. The topological polar surface area (TPSA) is 103 Å². The van der Waals surface area contributed by atoms with E-state index in [0.717, 1.165) is 35.7 Å².